The zero-order valence-electron chi connectivity index (χ0n) is 16.9. The Hall–Kier alpha value is -2.84. The Bertz CT molecular complexity index is 1170. The quantitative estimate of drug-likeness (QED) is 0.291. The summed E-state index contributed by atoms with van der Waals surface area (Å²) in [4.78, 5) is 19.9. The number of nitrogens with zero attached hydrogens (tertiary/aromatic N) is 4. The molecule has 4 rings (SSSR count). The molecule has 4 aromatic rings. The minimum Gasteiger partial charge on any atom is -0.497 e. The Morgan fingerprint density at radius 2 is 1.83 bits per heavy atom. The Balaban J connectivity index is 1.60. The second kappa shape index (κ2) is 9.32. The monoisotopic (exact) mass is 435 g/mol. The van der Waals surface area contributed by atoms with Crippen molar-refractivity contribution in [1.82, 2.24) is 19.9 Å². The predicted octanol–water partition coefficient (Wildman–Crippen LogP) is 5.74. The van der Waals surface area contributed by atoms with Crippen LogP contribution in [0, 0.1) is 6.92 Å². The summed E-state index contributed by atoms with van der Waals surface area (Å²) in [5.74, 6) is 2.46. The lowest BCUT2D eigenvalue weighted by Crippen LogP contribution is -1.99. The smallest absolute Gasteiger partial charge is 0.189 e. The van der Waals surface area contributed by atoms with Gasteiger partial charge >= 0.3 is 0 Å². The van der Waals surface area contributed by atoms with Crippen LogP contribution in [0.4, 0.5) is 11.5 Å². The molecule has 0 atom stereocenters. The lowest BCUT2D eigenvalue weighted by atomic mass is 10.2. The number of rotatable bonds is 7. The van der Waals surface area contributed by atoms with Crippen molar-refractivity contribution in [2.24, 2.45) is 0 Å². The van der Waals surface area contributed by atoms with Crippen molar-refractivity contribution in [1.29, 1.82) is 0 Å². The molecule has 0 aliphatic carbocycles. The fourth-order valence-corrected chi connectivity index (χ4v) is 4.44. The molecule has 8 heteroatoms. The van der Waals surface area contributed by atoms with Gasteiger partial charge in [0.15, 0.2) is 10.8 Å². The highest BCUT2D eigenvalue weighted by Crippen LogP contribution is 2.33. The highest BCUT2D eigenvalue weighted by molar-refractivity contribution is 7.99. The molecule has 0 amide bonds. The normalized spacial score (nSPS) is 10.9. The highest BCUT2D eigenvalue weighted by Gasteiger charge is 2.09. The first kappa shape index (κ1) is 20.4. The van der Waals surface area contributed by atoms with Gasteiger partial charge in [-0.15, -0.1) is 0 Å². The number of fused-ring (bicyclic) bond motifs is 1. The number of hydrogen-bond acceptors (Lipinski definition) is 8. The van der Waals surface area contributed by atoms with E-state index in [0.29, 0.717) is 11.5 Å². The first-order valence-electron chi connectivity index (χ1n) is 9.46. The summed E-state index contributed by atoms with van der Waals surface area (Å²) in [6.07, 6.45) is 3.31. The molecule has 30 heavy (non-hydrogen) atoms. The van der Waals surface area contributed by atoms with Gasteiger partial charge in [-0.25, -0.2) is 19.9 Å². The van der Waals surface area contributed by atoms with E-state index in [9.17, 15) is 0 Å². The second-order valence-electron chi connectivity index (χ2n) is 6.48. The van der Waals surface area contributed by atoms with Crippen molar-refractivity contribution < 1.29 is 4.74 Å². The molecule has 2 aromatic carbocycles. The van der Waals surface area contributed by atoms with Gasteiger partial charge in [0.1, 0.15) is 17.9 Å². The lowest BCUT2D eigenvalue weighted by Gasteiger charge is -2.11. The summed E-state index contributed by atoms with van der Waals surface area (Å²) in [5.41, 5.74) is 2.75. The van der Waals surface area contributed by atoms with Crippen LogP contribution in [0.1, 0.15) is 12.5 Å². The van der Waals surface area contributed by atoms with Gasteiger partial charge in [-0.3, -0.25) is 0 Å². The van der Waals surface area contributed by atoms with Crippen LogP contribution < -0.4 is 10.1 Å². The number of methoxy groups -OCH3 is 1. The summed E-state index contributed by atoms with van der Waals surface area (Å²) in [5, 5.41) is 4.93. The molecule has 6 nitrogen and oxygen atoms in total. The topological polar surface area (TPSA) is 72.8 Å². The second-order valence-corrected chi connectivity index (χ2v) is 8.86. The van der Waals surface area contributed by atoms with Crippen LogP contribution in [0.25, 0.3) is 11.0 Å². The molecule has 0 fully saturated rings. The maximum atomic E-state index is 5.24. The van der Waals surface area contributed by atoms with E-state index in [1.54, 1.807) is 36.8 Å². The van der Waals surface area contributed by atoms with Crippen molar-refractivity contribution in [3.8, 4) is 5.75 Å². The fraction of sp³-hybridized carbons (Fsp3) is 0.182. The Labute approximate surface area is 183 Å². The van der Waals surface area contributed by atoms with Gasteiger partial charge in [0.25, 0.3) is 0 Å². The molecule has 0 bridgehead atoms. The van der Waals surface area contributed by atoms with Gasteiger partial charge in [0.05, 0.1) is 12.5 Å². The summed E-state index contributed by atoms with van der Waals surface area (Å²) in [6.45, 7) is 4.16. The van der Waals surface area contributed by atoms with Crippen LogP contribution in [0.2, 0.25) is 0 Å². The summed E-state index contributed by atoms with van der Waals surface area (Å²) >= 11 is 3.29. The number of thioether (sulfide) groups is 1. The fourth-order valence-electron chi connectivity index (χ4n) is 2.93. The molecule has 0 unspecified atom stereocenters. The van der Waals surface area contributed by atoms with Crippen molar-refractivity contribution in [3.63, 3.8) is 0 Å². The zero-order valence-corrected chi connectivity index (χ0v) is 18.5. The molecule has 2 aromatic heterocycles. The Morgan fingerprint density at radius 3 is 2.60 bits per heavy atom. The van der Waals surface area contributed by atoms with Crippen LogP contribution in [-0.2, 0) is 0 Å². The summed E-state index contributed by atoms with van der Waals surface area (Å²) in [6, 6.07) is 14.4. The van der Waals surface area contributed by atoms with E-state index in [4.69, 9.17) is 4.74 Å². The molecule has 0 spiro atoms. The first-order valence-corrected chi connectivity index (χ1v) is 11.3. The number of aromatic nitrogens is 4. The van der Waals surface area contributed by atoms with Gasteiger partial charge in [-0.1, -0.05) is 30.4 Å². The lowest BCUT2D eigenvalue weighted by molar-refractivity contribution is 0.414. The molecule has 152 valence electrons. The summed E-state index contributed by atoms with van der Waals surface area (Å²) < 4.78 is 5.24. The largest absolute Gasteiger partial charge is 0.497 e. The first-order chi connectivity index (χ1) is 14.6. The van der Waals surface area contributed by atoms with Crippen LogP contribution in [-0.4, -0.2) is 32.8 Å². The van der Waals surface area contributed by atoms with E-state index in [2.05, 4.69) is 69.4 Å². The number of nitrogens with one attached hydrogen (secondary N) is 1. The van der Waals surface area contributed by atoms with Crippen molar-refractivity contribution in [2.75, 3.05) is 18.2 Å². The minimum atomic E-state index is 0.638. The van der Waals surface area contributed by atoms with E-state index in [1.807, 2.05) is 12.1 Å². The van der Waals surface area contributed by atoms with E-state index >= 15 is 0 Å². The predicted molar refractivity (Wildman–Crippen MR) is 123 cm³/mol. The molecule has 0 aliphatic heterocycles. The van der Waals surface area contributed by atoms with Crippen molar-refractivity contribution in [2.45, 2.75) is 28.8 Å². The molecule has 2 heterocycles. The van der Waals surface area contributed by atoms with Gasteiger partial charge in [-0.2, -0.15) is 0 Å². The number of aryl methyl sites for hydroxylation is 1. The zero-order chi connectivity index (χ0) is 20.9. The summed E-state index contributed by atoms with van der Waals surface area (Å²) in [7, 11) is 1.67. The minimum absolute atomic E-state index is 0.638. The van der Waals surface area contributed by atoms with E-state index in [0.717, 1.165) is 43.1 Å². The molecular weight excluding hydrogens is 414 g/mol. The van der Waals surface area contributed by atoms with E-state index < -0.39 is 0 Å². The van der Waals surface area contributed by atoms with Gasteiger partial charge < -0.3 is 10.1 Å². The van der Waals surface area contributed by atoms with Crippen LogP contribution >= 0.6 is 23.5 Å². The average Bonchev–Trinajstić information content (AvgIpc) is 2.74. The SMILES string of the molecule is CCSc1ncc2c(Nc3cc(C)cc(Sc4ccc(OC)cc4)c3)ncnc2n1. The maximum Gasteiger partial charge on any atom is 0.189 e. The Kier molecular flexibility index (Phi) is 6.35. The van der Waals surface area contributed by atoms with Crippen molar-refractivity contribution in [3.05, 3.63) is 60.6 Å². The maximum absolute atomic E-state index is 5.24. The van der Waals surface area contributed by atoms with Gasteiger partial charge in [0, 0.05) is 21.7 Å². The molecule has 1 N–H and O–H groups in total. The van der Waals surface area contributed by atoms with Gasteiger partial charge in [0.2, 0.25) is 0 Å². The molecule has 0 radical (unpaired) electrons. The van der Waals surface area contributed by atoms with Gasteiger partial charge in [-0.05, 0) is 60.7 Å². The third kappa shape index (κ3) is 4.83. The third-order valence-corrected chi connectivity index (χ3v) is 5.97. The van der Waals surface area contributed by atoms with Crippen LogP contribution in [0.3, 0.4) is 0 Å². The highest BCUT2D eigenvalue weighted by atomic mass is 32.2. The molecule has 0 saturated heterocycles. The standard InChI is InChI=1S/C22H21N5OS2/c1-4-29-22-23-12-19-20(24-13-25-21(19)27-22)26-15-9-14(2)10-18(11-15)30-17-7-5-16(28-3)6-8-17/h5-13H,4H2,1-3H3,(H,23,24,25,26,27). The van der Waals surface area contributed by atoms with E-state index in [-0.39, 0.29) is 0 Å². The Morgan fingerprint density at radius 1 is 1.00 bits per heavy atom. The van der Waals surface area contributed by atoms with E-state index in [1.165, 1.54) is 6.33 Å². The van der Waals surface area contributed by atoms with Crippen LogP contribution in [0.15, 0.2) is 69.9 Å². The number of benzene rings is 2. The molecule has 0 aliphatic rings. The van der Waals surface area contributed by atoms with Crippen LogP contribution in [0.5, 0.6) is 5.75 Å². The number of ether oxygens (including phenoxy) is 1. The number of hydrogen-bond donors (Lipinski definition) is 1. The third-order valence-electron chi connectivity index (χ3n) is 4.25. The average molecular weight is 436 g/mol. The number of anilines is 2. The molecular formula is C22H21N5OS2. The molecule has 0 saturated carbocycles. The van der Waals surface area contributed by atoms with Crippen molar-refractivity contribution >= 4 is 46.1 Å².